The van der Waals surface area contributed by atoms with Crippen molar-refractivity contribution >= 4 is 11.6 Å². The maximum atomic E-state index is 5.95. The van der Waals surface area contributed by atoms with Crippen molar-refractivity contribution in [3.05, 3.63) is 11.9 Å². The van der Waals surface area contributed by atoms with E-state index in [2.05, 4.69) is 37.6 Å². The van der Waals surface area contributed by atoms with E-state index in [1.807, 2.05) is 6.07 Å². The summed E-state index contributed by atoms with van der Waals surface area (Å²) in [7, 11) is 0. The summed E-state index contributed by atoms with van der Waals surface area (Å²) in [5.41, 5.74) is 5.89. The Morgan fingerprint density at radius 2 is 2.11 bits per heavy atom. The second kappa shape index (κ2) is 5.35. The molecule has 1 unspecified atom stereocenters. The van der Waals surface area contributed by atoms with Gasteiger partial charge in [-0.2, -0.15) is 0 Å². The lowest BCUT2D eigenvalue weighted by Crippen LogP contribution is -2.36. The summed E-state index contributed by atoms with van der Waals surface area (Å²) < 4.78 is 0. The van der Waals surface area contributed by atoms with Crippen LogP contribution < -0.4 is 10.6 Å². The molecule has 0 spiro atoms. The van der Waals surface area contributed by atoms with Gasteiger partial charge in [0.15, 0.2) is 0 Å². The Hall–Kier alpha value is -1.32. The molecule has 1 aromatic rings. The number of aromatic nitrogens is 2. The maximum Gasteiger partial charge on any atom is 0.138 e. The van der Waals surface area contributed by atoms with Crippen molar-refractivity contribution < 1.29 is 0 Å². The van der Waals surface area contributed by atoms with Crippen LogP contribution in [0.5, 0.6) is 0 Å². The molecule has 0 aliphatic carbocycles. The molecule has 1 aliphatic rings. The van der Waals surface area contributed by atoms with E-state index in [-0.39, 0.29) is 5.41 Å². The average molecular weight is 262 g/mol. The first-order valence-electron chi connectivity index (χ1n) is 7.30. The summed E-state index contributed by atoms with van der Waals surface area (Å²) in [4.78, 5) is 11.5. The molecule has 4 nitrogen and oxygen atoms in total. The summed E-state index contributed by atoms with van der Waals surface area (Å²) in [6.07, 6.45) is 3.82. The van der Waals surface area contributed by atoms with E-state index in [1.54, 1.807) is 0 Å². The number of rotatable bonds is 2. The van der Waals surface area contributed by atoms with Crippen LogP contribution in [0.25, 0.3) is 0 Å². The van der Waals surface area contributed by atoms with Gasteiger partial charge in [0.1, 0.15) is 17.5 Å². The lowest BCUT2D eigenvalue weighted by Gasteiger charge is -2.33. The molecule has 2 heterocycles. The molecule has 2 rings (SSSR count). The Morgan fingerprint density at radius 3 is 2.74 bits per heavy atom. The molecule has 19 heavy (non-hydrogen) atoms. The van der Waals surface area contributed by atoms with E-state index in [1.165, 1.54) is 19.3 Å². The summed E-state index contributed by atoms with van der Waals surface area (Å²) in [6, 6.07) is 1.91. The molecule has 1 aliphatic heterocycles. The lowest BCUT2D eigenvalue weighted by atomic mass is 9.95. The average Bonchev–Trinajstić information content (AvgIpc) is 2.37. The second-order valence-electron chi connectivity index (χ2n) is 6.59. The molecule has 0 saturated carbocycles. The first-order chi connectivity index (χ1) is 8.90. The van der Waals surface area contributed by atoms with Crippen LogP contribution in [0.4, 0.5) is 11.6 Å². The smallest absolute Gasteiger partial charge is 0.138 e. The predicted octanol–water partition coefficient (Wildman–Crippen LogP) is 2.98. The maximum absolute atomic E-state index is 5.95. The fraction of sp³-hybridized carbons (Fsp3) is 0.733. The van der Waals surface area contributed by atoms with Crippen LogP contribution in [0.2, 0.25) is 0 Å². The van der Waals surface area contributed by atoms with Gasteiger partial charge in [-0.15, -0.1) is 0 Å². The molecule has 0 bridgehead atoms. The number of piperidine rings is 1. The minimum atomic E-state index is -0.0654. The van der Waals surface area contributed by atoms with Gasteiger partial charge in [-0.1, -0.05) is 34.1 Å². The van der Waals surface area contributed by atoms with Crippen LogP contribution in [0.15, 0.2) is 6.07 Å². The minimum Gasteiger partial charge on any atom is -0.384 e. The molecule has 1 fully saturated rings. The van der Waals surface area contributed by atoms with E-state index in [4.69, 9.17) is 10.7 Å². The summed E-state index contributed by atoms with van der Waals surface area (Å²) in [5, 5.41) is 0. The highest BCUT2D eigenvalue weighted by Gasteiger charge is 2.23. The van der Waals surface area contributed by atoms with E-state index < -0.39 is 0 Å². The zero-order chi connectivity index (χ0) is 14.0. The first kappa shape index (κ1) is 14.1. The van der Waals surface area contributed by atoms with Gasteiger partial charge in [-0.3, -0.25) is 0 Å². The van der Waals surface area contributed by atoms with Crippen molar-refractivity contribution in [3.8, 4) is 0 Å². The van der Waals surface area contributed by atoms with Gasteiger partial charge < -0.3 is 10.6 Å². The Labute approximate surface area is 116 Å². The van der Waals surface area contributed by atoms with Gasteiger partial charge in [0.05, 0.1) is 0 Å². The van der Waals surface area contributed by atoms with Gasteiger partial charge in [-0.05, 0) is 18.8 Å². The van der Waals surface area contributed by atoms with Crippen LogP contribution in [0.1, 0.15) is 52.8 Å². The standard InChI is InChI=1S/C15H26N4/c1-5-11-7-6-8-19(10-11)13-9-12(16)17-14(18-13)15(2,3)4/h9,11H,5-8,10H2,1-4H3,(H2,16,17,18). The third-order valence-corrected chi connectivity index (χ3v) is 3.82. The molecule has 0 aromatic carbocycles. The van der Waals surface area contributed by atoms with Gasteiger partial charge in [0.2, 0.25) is 0 Å². The van der Waals surface area contributed by atoms with Crippen LogP contribution >= 0.6 is 0 Å². The third kappa shape index (κ3) is 3.37. The molecule has 106 valence electrons. The third-order valence-electron chi connectivity index (χ3n) is 3.82. The Balaban J connectivity index is 2.26. The fourth-order valence-corrected chi connectivity index (χ4v) is 2.56. The highest BCUT2D eigenvalue weighted by Crippen LogP contribution is 2.27. The molecule has 0 radical (unpaired) electrons. The minimum absolute atomic E-state index is 0.0654. The molecule has 2 N–H and O–H groups in total. The normalized spacial score (nSPS) is 20.6. The Kier molecular flexibility index (Phi) is 3.97. The SMILES string of the molecule is CCC1CCCN(c2cc(N)nc(C(C)(C)C)n2)C1. The highest BCUT2D eigenvalue weighted by molar-refractivity contribution is 5.48. The van der Waals surface area contributed by atoms with Gasteiger partial charge >= 0.3 is 0 Å². The Bertz CT molecular complexity index is 436. The van der Waals surface area contributed by atoms with Crippen molar-refractivity contribution in [2.24, 2.45) is 5.92 Å². The summed E-state index contributed by atoms with van der Waals surface area (Å²) in [6.45, 7) is 10.8. The number of nitrogens with two attached hydrogens (primary N) is 1. The largest absolute Gasteiger partial charge is 0.384 e. The molecule has 0 amide bonds. The van der Waals surface area contributed by atoms with Crippen molar-refractivity contribution in [2.45, 2.75) is 52.4 Å². The van der Waals surface area contributed by atoms with Crippen LogP contribution in [0.3, 0.4) is 0 Å². The number of hydrogen-bond acceptors (Lipinski definition) is 4. The zero-order valence-electron chi connectivity index (χ0n) is 12.6. The number of anilines is 2. The van der Waals surface area contributed by atoms with E-state index in [0.29, 0.717) is 5.82 Å². The summed E-state index contributed by atoms with van der Waals surface area (Å²) >= 11 is 0. The molecular formula is C15H26N4. The lowest BCUT2D eigenvalue weighted by molar-refractivity contribution is 0.402. The number of nitrogen functional groups attached to an aromatic ring is 1. The van der Waals surface area contributed by atoms with Crippen molar-refractivity contribution in [1.82, 2.24) is 9.97 Å². The van der Waals surface area contributed by atoms with Gasteiger partial charge in [0.25, 0.3) is 0 Å². The molecule has 1 saturated heterocycles. The quantitative estimate of drug-likeness (QED) is 0.890. The first-order valence-corrected chi connectivity index (χ1v) is 7.30. The van der Waals surface area contributed by atoms with Gasteiger partial charge in [-0.25, -0.2) is 9.97 Å². The van der Waals surface area contributed by atoms with Gasteiger partial charge in [0, 0.05) is 24.6 Å². The van der Waals surface area contributed by atoms with E-state index in [9.17, 15) is 0 Å². The monoisotopic (exact) mass is 262 g/mol. The van der Waals surface area contributed by atoms with Crippen molar-refractivity contribution in [3.63, 3.8) is 0 Å². The zero-order valence-corrected chi connectivity index (χ0v) is 12.6. The Morgan fingerprint density at radius 1 is 1.37 bits per heavy atom. The predicted molar refractivity (Wildman–Crippen MR) is 80.4 cm³/mol. The van der Waals surface area contributed by atoms with Crippen molar-refractivity contribution in [2.75, 3.05) is 23.7 Å². The highest BCUT2D eigenvalue weighted by atomic mass is 15.2. The molecule has 4 heteroatoms. The van der Waals surface area contributed by atoms with E-state index in [0.717, 1.165) is 30.6 Å². The van der Waals surface area contributed by atoms with Crippen LogP contribution in [-0.4, -0.2) is 23.1 Å². The fourth-order valence-electron chi connectivity index (χ4n) is 2.56. The number of hydrogen-bond donors (Lipinski definition) is 1. The van der Waals surface area contributed by atoms with Crippen LogP contribution in [0, 0.1) is 5.92 Å². The molecular weight excluding hydrogens is 236 g/mol. The second-order valence-corrected chi connectivity index (χ2v) is 6.59. The molecule has 1 atom stereocenters. The van der Waals surface area contributed by atoms with Crippen LogP contribution in [-0.2, 0) is 5.41 Å². The van der Waals surface area contributed by atoms with Crippen molar-refractivity contribution in [1.29, 1.82) is 0 Å². The molecule has 1 aromatic heterocycles. The number of nitrogens with zero attached hydrogens (tertiary/aromatic N) is 3. The topological polar surface area (TPSA) is 55.0 Å². The summed E-state index contributed by atoms with van der Waals surface area (Å²) in [5.74, 6) is 3.19. The van der Waals surface area contributed by atoms with E-state index >= 15 is 0 Å².